The Labute approximate surface area is 132 Å². The third-order valence-electron chi connectivity index (χ3n) is 3.23. The molecule has 2 heterocycles. The van der Waals surface area contributed by atoms with E-state index >= 15 is 0 Å². The van der Waals surface area contributed by atoms with Crippen LogP contribution >= 0.6 is 23.4 Å². The van der Waals surface area contributed by atoms with E-state index in [0.717, 1.165) is 34.9 Å². The predicted octanol–water partition coefficient (Wildman–Crippen LogP) is 4.40. The average molecular weight is 326 g/mol. The number of halogens is 1. The number of fused-ring (bicyclic) bond motifs is 1. The van der Waals surface area contributed by atoms with Crippen LogP contribution in [-0.2, 0) is 5.75 Å². The molecule has 0 atom stereocenters. The first-order valence-electron chi connectivity index (χ1n) is 6.78. The van der Waals surface area contributed by atoms with Gasteiger partial charge in [-0.2, -0.15) is 0 Å². The number of rotatable bonds is 3. The molecule has 0 saturated heterocycles. The van der Waals surface area contributed by atoms with Gasteiger partial charge in [0.25, 0.3) is 5.22 Å². The summed E-state index contributed by atoms with van der Waals surface area (Å²) in [5.74, 6) is 2.94. The third-order valence-corrected chi connectivity index (χ3v) is 4.41. The molecule has 2 aromatic rings. The second-order valence-electron chi connectivity index (χ2n) is 4.87. The van der Waals surface area contributed by atoms with Crippen LogP contribution in [0, 0.1) is 13.8 Å². The number of hydrogen-bond acceptors (Lipinski definition) is 5. The van der Waals surface area contributed by atoms with Gasteiger partial charge in [0.2, 0.25) is 0 Å². The standard InChI is InChI=1S/C15H16ClNO3S/c1-9-10(2)20-15(17-9)21-8-11-6-12(16)14-13(7-11)18-4-3-5-19-14/h6-7H,3-5,8H2,1-2H3. The number of aromatic nitrogens is 1. The minimum Gasteiger partial charge on any atom is -0.489 e. The zero-order valence-electron chi connectivity index (χ0n) is 11.9. The Balaban J connectivity index is 1.76. The summed E-state index contributed by atoms with van der Waals surface area (Å²) in [5.41, 5.74) is 1.98. The maximum absolute atomic E-state index is 6.28. The first-order chi connectivity index (χ1) is 10.1. The summed E-state index contributed by atoms with van der Waals surface area (Å²) in [7, 11) is 0. The SMILES string of the molecule is Cc1nc(SCc2cc(Cl)c3c(c2)OCCCO3)oc1C. The molecule has 0 N–H and O–H groups in total. The van der Waals surface area contributed by atoms with Gasteiger partial charge in [0, 0.05) is 12.2 Å². The van der Waals surface area contributed by atoms with Crippen molar-refractivity contribution in [1.82, 2.24) is 4.98 Å². The smallest absolute Gasteiger partial charge is 0.256 e. The van der Waals surface area contributed by atoms with Crippen molar-refractivity contribution in [3.05, 3.63) is 34.2 Å². The van der Waals surface area contributed by atoms with E-state index in [9.17, 15) is 0 Å². The Morgan fingerprint density at radius 3 is 2.81 bits per heavy atom. The maximum atomic E-state index is 6.28. The first-order valence-corrected chi connectivity index (χ1v) is 8.14. The molecule has 1 aliphatic heterocycles. The highest BCUT2D eigenvalue weighted by molar-refractivity contribution is 7.98. The zero-order valence-corrected chi connectivity index (χ0v) is 13.5. The first kappa shape index (κ1) is 14.6. The van der Waals surface area contributed by atoms with Gasteiger partial charge < -0.3 is 13.9 Å². The monoisotopic (exact) mass is 325 g/mol. The van der Waals surface area contributed by atoms with E-state index in [2.05, 4.69) is 4.98 Å². The van der Waals surface area contributed by atoms with Crippen molar-refractivity contribution in [3.63, 3.8) is 0 Å². The highest BCUT2D eigenvalue weighted by atomic mass is 35.5. The molecule has 0 saturated carbocycles. The largest absolute Gasteiger partial charge is 0.489 e. The highest BCUT2D eigenvalue weighted by Crippen LogP contribution is 2.39. The zero-order chi connectivity index (χ0) is 14.8. The van der Waals surface area contributed by atoms with Gasteiger partial charge in [0.1, 0.15) is 5.76 Å². The molecule has 0 fully saturated rings. The van der Waals surface area contributed by atoms with Crippen LogP contribution in [0.1, 0.15) is 23.4 Å². The molecule has 3 rings (SSSR count). The molecule has 112 valence electrons. The van der Waals surface area contributed by atoms with Gasteiger partial charge in [-0.1, -0.05) is 23.4 Å². The van der Waals surface area contributed by atoms with Crippen molar-refractivity contribution in [2.24, 2.45) is 0 Å². The van der Waals surface area contributed by atoms with E-state index in [-0.39, 0.29) is 0 Å². The molecule has 0 spiro atoms. The van der Waals surface area contributed by atoms with Crippen LogP contribution in [0.3, 0.4) is 0 Å². The van der Waals surface area contributed by atoms with Gasteiger partial charge in [-0.05, 0) is 31.5 Å². The fourth-order valence-electron chi connectivity index (χ4n) is 2.02. The molecule has 1 aromatic heterocycles. The van der Waals surface area contributed by atoms with Crippen LogP contribution in [0.4, 0.5) is 0 Å². The molecule has 0 aliphatic carbocycles. The molecule has 0 bridgehead atoms. The van der Waals surface area contributed by atoms with E-state index in [4.69, 9.17) is 25.5 Å². The van der Waals surface area contributed by atoms with Crippen molar-refractivity contribution in [3.8, 4) is 11.5 Å². The third kappa shape index (κ3) is 3.30. The fourth-order valence-corrected chi connectivity index (χ4v) is 3.15. The summed E-state index contributed by atoms with van der Waals surface area (Å²) >= 11 is 7.82. The van der Waals surface area contributed by atoms with E-state index < -0.39 is 0 Å². The summed E-state index contributed by atoms with van der Waals surface area (Å²) in [5, 5.41) is 1.26. The van der Waals surface area contributed by atoms with Crippen molar-refractivity contribution < 1.29 is 13.9 Å². The molecular formula is C15H16ClNO3S. The maximum Gasteiger partial charge on any atom is 0.256 e. The van der Waals surface area contributed by atoms with E-state index in [1.165, 1.54) is 0 Å². The predicted molar refractivity (Wildman–Crippen MR) is 82.6 cm³/mol. The van der Waals surface area contributed by atoms with E-state index in [1.54, 1.807) is 11.8 Å². The second-order valence-corrected chi connectivity index (χ2v) is 6.20. The van der Waals surface area contributed by atoms with Crippen LogP contribution in [-0.4, -0.2) is 18.2 Å². The van der Waals surface area contributed by atoms with Crippen molar-refractivity contribution >= 4 is 23.4 Å². The van der Waals surface area contributed by atoms with Crippen molar-refractivity contribution in [2.75, 3.05) is 13.2 Å². The average Bonchev–Trinajstić information content (AvgIpc) is 2.66. The van der Waals surface area contributed by atoms with Gasteiger partial charge in [-0.25, -0.2) is 4.98 Å². The lowest BCUT2D eigenvalue weighted by molar-refractivity contribution is 0.297. The van der Waals surface area contributed by atoms with E-state index in [1.807, 2.05) is 26.0 Å². The lowest BCUT2D eigenvalue weighted by Crippen LogP contribution is -1.97. The number of benzene rings is 1. The van der Waals surface area contributed by atoms with Gasteiger partial charge in [0.15, 0.2) is 11.5 Å². The highest BCUT2D eigenvalue weighted by Gasteiger charge is 2.16. The fraction of sp³-hybridized carbons (Fsp3) is 0.400. The van der Waals surface area contributed by atoms with Crippen LogP contribution in [0.5, 0.6) is 11.5 Å². The normalized spacial score (nSPS) is 14.0. The Hall–Kier alpha value is -1.33. The van der Waals surface area contributed by atoms with Crippen LogP contribution in [0.25, 0.3) is 0 Å². The quantitative estimate of drug-likeness (QED) is 0.783. The molecule has 21 heavy (non-hydrogen) atoms. The minimum absolute atomic E-state index is 0.588. The summed E-state index contributed by atoms with van der Waals surface area (Å²) in [6, 6.07) is 3.88. The summed E-state index contributed by atoms with van der Waals surface area (Å²) in [6.07, 6.45) is 0.865. The number of hydrogen-bond donors (Lipinski definition) is 0. The van der Waals surface area contributed by atoms with Crippen molar-refractivity contribution in [1.29, 1.82) is 0 Å². The number of aryl methyl sites for hydroxylation is 2. The lowest BCUT2D eigenvalue weighted by Gasteiger charge is -2.11. The van der Waals surface area contributed by atoms with Gasteiger partial charge >= 0.3 is 0 Å². The topological polar surface area (TPSA) is 44.5 Å². The number of thioether (sulfide) groups is 1. The molecule has 0 radical (unpaired) electrons. The number of nitrogens with zero attached hydrogens (tertiary/aromatic N) is 1. The molecule has 1 aliphatic rings. The summed E-state index contributed by atoms with van der Waals surface area (Å²) < 4.78 is 16.9. The Kier molecular flexibility index (Phi) is 4.31. The molecular weight excluding hydrogens is 310 g/mol. The molecule has 0 amide bonds. The Morgan fingerprint density at radius 1 is 1.24 bits per heavy atom. The molecule has 4 nitrogen and oxygen atoms in total. The summed E-state index contributed by atoms with van der Waals surface area (Å²) in [4.78, 5) is 4.36. The second kappa shape index (κ2) is 6.20. The summed E-state index contributed by atoms with van der Waals surface area (Å²) in [6.45, 7) is 5.14. The van der Waals surface area contributed by atoms with E-state index in [0.29, 0.717) is 29.2 Å². The molecule has 0 unspecified atom stereocenters. The van der Waals surface area contributed by atoms with Gasteiger partial charge in [0.05, 0.1) is 23.9 Å². The number of ether oxygens (including phenoxy) is 2. The van der Waals surface area contributed by atoms with Crippen LogP contribution in [0.2, 0.25) is 5.02 Å². The lowest BCUT2D eigenvalue weighted by atomic mass is 10.2. The van der Waals surface area contributed by atoms with Gasteiger partial charge in [-0.15, -0.1) is 0 Å². The molecule has 6 heteroatoms. The number of oxazole rings is 1. The Morgan fingerprint density at radius 2 is 2.05 bits per heavy atom. The van der Waals surface area contributed by atoms with Crippen molar-refractivity contribution in [2.45, 2.75) is 31.2 Å². The minimum atomic E-state index is 0.588. The van der Waals surface area contributed by atoms with Crippen LogP contribution in [0.15, 0.2) is 21.8 Å². The Bertz CT molecular complexity index is 637. The molecule has 1 aromatic carbocycles. The van der Waals surface area contributed by atoms with Crippen LogP contribution < -0.4 is 9.47 Å². The van der Waals surface area contributed by atoms with Gasteiger partial charge in [-0.3, -0.25) is 0 Å².